The van der Waals surface area contributed by atoms with Gasteiger partial charge in [0.1, 0.15) is 29.4 Å². The number of hydrogen-bond acceptors (Lipinski definition) is 7. The van der Waals surface area contributed by atoms with Crippen molar-refractivity contribution in [2.24, 2.45) is 0 Å². The number of carbonyl (C=O) groups is 1. The van der Waals surface area contributed by atoms with Crippen molar-refractivity contribution >= 4 is 28.8 Å². The number of rotatable bonds is 8. The molecule has 3 rings (SSSR count). The summed E-state index contributed by atoms with van der Waals surface area (Å²) in [5.41, 5.74) is 8.49. The highest BCUT2D eigenvalue weighted by molar-refractivity contribution is 6.03. The van der Waals surface area contributed by atoms with Gasteiger partial charge >= 0.3 is 0 Å². The number of hydrogen-bond donors (Lipinski definition) is 4. The zero-order chi connectivity index (χ0) is 24.2. The number of allylic oxidation sites excluding steroid dienone is 4. The number of nitrogen functional groups attached to an aromatic ring is 1. The Kier molecular flexibility index (Phi) is 7.31. The van der Waals surface area contributed by atoms with E-state index in [0.717, 1.165) is 17.6 Å². The summed E-state index contributed by atoms with van der Waals surface area (Å²) in [5.74, 6) is -0.324. The van der Waals surface area contributed by atoms with Gasteiger partial charge in [0.25, 0.3) is 5.91 Å². The van der Waals surface area contributed by atoms with Crippen LogP contribution in [0.3, 0.4) is 0 Å². The monoisotopic (exact) mass is 450 g/mol. The van der Waals surface area contributed by atoms with Crippen molar-refractivity contribution in [1.82, 2.24) is 19.9 Å². The summed E-state index contributed by atoms with van der Waals surface area (Å²) >= 11 is 0. The average molecular weight is 451 g/mol. The summed E-state index contributed by atoms with van der Waals surface area (Å²) in [5, 5.41) is 32.1. The predicted molar refractivity (Wildman–Crippen MR) is 127 cm³/mol. The molecule has 0 fully saturated rings. The minimum absolute atomic E-state index is 0.0275. The number of carbonyl (C=O) groups excluding carboxylic acids is 1. The molecule has 1 aliphatic carbocycles. The number of nitrogens with two attached hydrogens (primary N) is 1. The first-order valence-corrected chi connectivity index (χ1v) is 10.9. The zero-order valence-electron chi connectivity index (χ0n) is 19.2. The molecule has 0 aromatic carbocycles. The smallest absolute Gasteiger partial charge is 0.262 e. The fourth-order valence-corrected chi connectivity index (χ4v) is 3.87. The Morgan fingerprint density at radius 3 is 2.79 bits per heavy atom. The number of aliphatic hydroxyl groups excluding tert-OH is 2. The highest BCUT2D eigenvalue weighted by atomic mass is 16.3. The van der Waals surface area contributed by atoms with Crippen LogP contribution in [-0.4, -0.2) is 49.4 Å². The van der Waals surface area contributed by atoms with E-state index in [1.54, 1.807) is 13.8 Å². The molecule has 2 aromatic rings. The fraction of sp³-hybridized carbons (Fsp3) is 0.417. The van der Waals surface area contributed by atoms with Gasteiger partial charge in [-0.15, -0.1) is 0 Å². The third kappa shape index (κ3) is 5.13. The molecule has 0 aliphatic heterocycles. The van der Waals surface area contributed by atoms with Crippen LogP contribution in [0.5, 0.6) is 0 Å². The summed E-state index contributed by atoms with van der Waals surface area (Å²) in [4.78, 5) is 21.5. The molecule has 9 heteroatoms. The van der Waals surface area contributed by atoms with Crippen LogP contribution in [-0.2, 0) is 11.3 Å². The quantitative estimate of drug-likeness (QED) is 0.355. The Morgan fingerprint density at radius 2 is 2.18 bits per heavy atom. The SMILES string of the molecule is CC1=CCC(c2c(/C=C(\C#N)C(=O)NC(C)(C)CO)n(CCCO)c3ncnc(N)c23)C=C1. The van der Waals surface area contributed by atoms with E-state index in [0.29, 0.717) is 35.5 Å². The molecule has 2 aromatic heterocycles. The number of anilines is 1. The first kappa shape index (κ1) is 24.2. The maximum absolute atomic E-state index is 12.9. The lowest BCUT2D eigenvalue weighted by Crippen LogP contribution is -2.46. The number of nitrogens with one attached hydrogen (secondary N) is 1. The molecular formula is C24H30N6O3. The lowest BCUT2D eigenvalue weighted by atomic mass is 9.88. The highest BCUT2D eigenvalue weighted by Gasteiger charge is 2.27. The molecule has 174 valence electrons. The second-order valence-corrected chi connectivity index (χ2v) is 8.80. The van der Waals surface area contributed by atoms with Gasteiger partial charge in [-0.2, -0.15) is 5.26 Å². The van der Waals surface area contributed by atoms with Gasteiger partial charge in [-0.3, -0.25) is 4.79 Å². The molecule has 5 N–H and O–H groups in total. The van der Waals surface area contributed by atoms with Gasteiger partial charge in [0.15, 0.2) is 0 Å². The van der Waals surface area contributed by atoms with Crippen molar-refractivity contribution in [2.75, 3.05) is 18.9 Å². The van der Waals surface area contributed by atoms with Crippen LogP contribution in [0.15, 0.2) is 35.7 Å². The molecule has 0 spiro atoms. The molecule has 1 unspecified atom stereocenters. The summed E-state index contributed by atoms with van der Waals surface area (Å²) in [6.45, 7) is 5.48. The van der Waals surface area contributed by atoms with Crippen molar-refractivity contribution in [1.29, 1.82) is 5.26 Å². The number of aromatic nitrogens is 3. The summed E-state index contributed by atoms with van der Waals surface area (Å²) in [6.07, 6.45) is 10.3. The second kappa shape index (κ2) is 9.98. The minimum Gasteiger partial charge on any atom is -0.396 e. The van der Waals surface area contributed by atoms with E-state index >= 15 is 0 Å². The second-order valence-electron chi connectivity index (χ2n) is 8.80. The summed E-state index contributed by atoms with van der Waals surface area (Å²) in [6, 6.07) is 1.98. The third-order valence-electron chi connectivity index (χ3n) is 5.64. The van der Waals surface area contributed by atoms with E-state index in [4.69, 9.17) is 5.73 Å². The first-order valence-electron chi connectivity index (χ1n) is 10.9. The van der Waals surface area contributed by atoms with Crippen LogP contribution >= 0.6 is 0 Å². The third-order valence-corrected chi connectivity index (χ3v) is 5.64. The van der Waals surface area contributed by atoms with Gasteiger partial charge in [-0.05, 0) is 45.3 Å². The maximum Gasteiger partial charge on any atom is 0.262 e. The number of aryl methyl sites for hydroxylation is 1. The molecular weight excluding hydrogens is 420 g/mol. The van der Waals surface area contributed by atoms with E-state index in [9.17, 15) is 20.3 Å². The largest absolute Gasteiger partial charge is 0.396 e. The van der Waals surface area contributed by atoms with Gasteiger partial charge in [-0.1, -0.05) is 23.8 Å². The summed E-state index contributed by atoms with van der Waals surface area (Å²) in [7, 11) is 0. The predicted octanol–water partition coefficient (Wildman–Crippen LogP) is 2.18. The Bertz CT molecular complexity index is 1180. The minimum atomic E-state index is -0.885. The van der Waals surface area contributed by atoms with Crippen molar-refractivity contribution in [2.45, 2.75) is 51.6 Å². The molecule has 1 aliphatic rings. The van der Waals surface area contributed by atoms with E-state index < -0.39 is 11.4 Å². The Morgan fingerprint density at radius 1 is 1.42 bits per heavy atom. The number of aliphatic hydroxyl groups is 2. The molecule has 0 bridgehead atoms. The molecule has 0 radical (unpaired) electrons. The number of nitrogens with zero attached hydrogens (tertiary/aromatic N) is 4. The lowest BCUT2D eigenvalue weighted by molar-refractivity contribution is -0.119. The van der Waals surface area contributed by atoms with Crippen molar-refractivity contribution < 1.29 is 15.0 Å². The Labute approximate surface area is 192 Å². The van der Waals surface area contributed by atoms with Crippen molar-refractivity contribution in [3.05, 3.63) is 47.0 Å². The van der Waals surface area contributed by atoms with Crippen LogP contribution in [0, 0.1) is 11.3 Å². The van der Waals surface area contributed by atoms with Crippen LogP contribution < -0.4 is 11.1 Å². The molecule has 2 heterocycles. The number of nitriles is 1. The number of fused-ring (bicyclic) bond motifs is 1. The number of amides is 1. The first-order chi connectivity index (χ1) is 15.7. The van der Waals surface area contributed by atoms with Gasteiger partial charge < -0.3 is 25.8 Å². The highest BCUT2D eigenvalue weighted by Crippen LogP contribution is 2.39. The molecule has 0 saturated heterocycles. The zero-order valence-corrected chi connectivity index (χ0v) is 19.2. The Balaban J connectivity index is 2.26. The van der Waals surface area contributed by atoms with Crippen LogP contribution in [0.25, 0.3) is 17.1 Å². The van der Waals surface area contributed by atoms with Crippen LogP contribution in [0.1, 0.15) is 50.8 Å². The molecule has 33 heavy (non-hydrogen) atoms. The molecule has 1 amide bonds. The topological polar surface area (TPSA) is 150 Å². The Hall–Kier alpha value is -3.48. The molecule has 0 saturated carbocycles. The summed E-state index contributed by atoms with van der Waals surface area (Å²) < 4.78 is 1.87. The van der Waals surface area contributed by atoms with Crippen LogP contribution in [0.4, 0.5) is 5.82 Å². The maximum atomic E-state index is 12.9. The van der Waals surface area contributed by atoms with Crippen molar-refractivity contribution in [3.8, 4) is 6.07 Å². The average Bonchev–Trinajstić information content (AvgIpc) is 3.10. The fourth-order valence-electron chi connectivity index (χ4n) is 3.87. The normalized spacial score (nSPS) is 16.5. The standard InChI is InChI=1S/C24H30N6O3/c1-15-5-7-16(8-6-15)19-18(11-17(12-25)23(33)29-24(2,3)13-32)30(9-4-10-31)22-20(19)21(26)27-14-28-22/h5-7,11,14,16,31-32H,4,8-10,13H2,1-3H3,(H,29,33)(H2,26,27,28)/b17-11+. The van der Waals surface area contributed by atoms with Gasteiger partial charge in [0.05, 0.1) is 17.5 Å². The van der Waals surface area contributed by atoms with Gasteiger partial charge in [0.2, 0.25) is 0 Å². The lowest BCUT2D eigenvalue weighted by Gasteiger charge is -2.23. The van der Waals surface area contributed by atoms with Crippen molar-refractivity contribution in [3.63, 3.8) is 0 Å². The van der Waals surface area contributed by atoms with Gasteiger partial charge in [0, 0.05) is 24.8 Å². The molecule has 9 nitrogen and oxygen atoms in total. The van der Waals surface area contributed by atoms with E-state index in [2.05, 4.69) is 27.4 Å². The van der Waals surface area contributed by atoms with Gasteiger partial charge in [-0.25, -0.2) is 9.97 Å². The molecule has 1 atom stereocenters. The van der Waals surface area contributed by atoms with E-state index in [-0.39, 0.29) is 24.7 Å². The van der Waals surface area contributed by atoms with E-state index in [1.165, 1.54) is 12.4 Å². The van der Waals surface area contributed by atoms with Crippen LogP contribution in [0.2, 0.25) is 0 Å². The van der Waals surface area contributed by atoms with E-state index in [1.807, 2.05) is 23.6 Å².